The number of aromatic nitrogens is 4. The third kappa shape index (κ3) is 3.43. The number of amides is 1. The third-order valence-corrected chi connectivity index (χ3v) is 4.83. The molecule has 8 nitrogen and oxygen atoms in total. The highest BCUT2D eigenvalue weighted by atomic mass is 16.5. The van der Waals surface area contributed by atoms with E-state index < -0.39 is 0 Å². The lowest BCUT2D eigenvalue weighted by Gasteiger charge is -2.38. The van der Waals surface area contributed by atoms with Crippen LogP contribution in [0.1, 0.15) is 29.6 Å². The first-order valence-electron chi connectivity index (χ1n) is 8.48. The summed E-state index contributed by atoms with van der Waals surface area (Å²) in [6, 6.07) is 3.73. The fraction of sp³-hybridized carbons (Fsp3) is 0.471. The summed E-state index contributed by atoms with van der Waals surface area (Å²) in [5, 5.41) is 10.9. The van der Waals surface area contributed by atoms with E-state index in [0.29, 0.717) is 31.2 Å². The van der Waals surface area contributed by atoms with Gasteiger partial charge in [0.2, 0.25) is 5.95 Å². The summed E-state index contributed by atoms with van der Waals surface area (Å²) in [6.07, 6.45) is 9.07. The molecule has 0 radical (unpaired) electrons. The van der Waals surface area contributed by atoms with Gasteiger partial charge in [0.05, 0.1) is 30.1 Å². The predicted octanol–water partition coefficient (Wildman–Crippen LogP) is 1.14. The van der Waals surface area contributed by atoms with E-state index in [-0.39, 0.29) is 17.6 Å². The van der Waals surface area contributed by atoms with E-state index in [2.05, 4.69) is 25.5 Å². The highest BCUT2D eigenvalue weighted by Crippen LogP contribution is 2.35. The number of nitrogens with one attached hydrogen (secondary N) is 1. The van der Waals surface area contributed by atoms with Gasteiger partial charge in [-0.25, -0.2) is 9.97 Å². The van der Waals surface area contributed by atoms with Crippen LogP contribution in [0.15, 0.2) is 36.9 Å². The molecule has 4 heterocycles. The number of hydrogen-bond acceptors (Lipinski definition) is 7. The van der Waals surface area contributed by atoms with Gasteiger partial charge in [-0.05, 0) is 31.4 Å². The summed E-state index contributed by atoms with van der Waals surface area (Å²) < 4.78 is 6.11. The first-order chi connectivity index (χ1) is 12.2. The summed E-state index contributed by atoms with van der Waals surface area (Å²) in [4.78, 5) is 22.9. The molecule has 8 heteroatoms. The largest absolute Gasteiger partial charge is 0.373 e. The Labute approximate surface area is 145 Å². The van der Waals surface area contributed by atoms with Gasteiger partial charge >= 0.3 is 0 Å². The SMILES string of the molecule is O=C(c1ccnnc1)N1CC[C@]2(C[C@@H](Nc3ncccn3)CCO2)C1. The van der Waals surface area contributed by atoms with Crippen molar-refractivity contribution in [3.05, 3.63) is 42.5 Å². The maximum absolute atomic E-state index is 12.6. The van der Waals surface area contributed by atoms with Crippen LogP contribution in [0.5, 0.6) is 0 Å². The number of rotatable bonds is 3. The fourth-order valence-corrected chi connectivity index (χ4v) is 3.61. The molecule has 1 N–H and O–H groups in total. The van der Waals surface area contributed by atoms with Crippen molar-refractivity contribution < 1.29 is 9.53 Å². The number of hydrogen-bond donors (Lipinski definition) is 1. The summed E-state index contributed by atoms with van der Waals surface area (Å²) in [6.45, 7) is 1.96. The zero-order chi connectivity index (χ0) is 17.1. The number of ether oxygens (including phenoxy) is 1. The Hall–Kier alpha value is -2.61. The zero-order valence-electron chi connectivity index (χ0n) is 13.8. The normalized spacial score (nSPS) is 25.9. The lowest BCUT2D eigenvalue weighted by atomic mass is 9.89. The molecular weight excluding hydrogens is 320 g/mol. The highest BCUT2D eigenvalue weighted by Gasteiger charge is 2.44. The van der Waals surface area contributed by atoms with Crippen LogP contribution in [0, 0.1) is 0 Å². The summed E-state index contributed by atoms with van der Waals surface area (Å²) in [7, 11) is 0. The zero-order valence-corrected chi connectivity index (χ0v) is 13.8. The minimum Gasteiger partial charge on any atom is -0.373 e. The maximum atomic E-state index is 12.6. The van der Waals surface area contributed by atoms with Gasteiger partial charge in [-0.2, -0.15) is 10.2 Å². The molecule has 2 fully saturated rings. The molecular formula is C17H20N6O2. The molecule has 2 saturated heterocycles. The highest BCUT2D eigenvalue weighted by molar-refractivity contribution is 5.94. The quantitative estimate of drug-likeness (QED) is 0.895. The van der Waals surface area contributed by atoms with Crippen molar-refractivity contribution in [1.82, 2.24) is 25.1 Å². The Balaban J connectivity index is 1.41. The minimum atomic E-state index is -0.291. The minimum absolute atomic E-state index is 0.0168. The van der Waals surface area contributed by atoms with Crippen molar-refractivity contribution in [2.75, 3.05) is 25.0 Å². The van der Waals surface area contributed by atoms with Crippen molar-refractivity contribution in [2.45, 2.75) is 30.9 Å². The molecule has 0 aliphatic carbocycles. The standard InChI is InChI=1S/C17H20N6O2/c24-15(13-2-7-20-21-11-13)23-8-4-17(12-23)10-14(3-9-25-17)22-16-18-5-1-6-19-16/h1-2,5-7,11,14H,3-4,8-10,12H2,(H,18,19,22)/t14-,17-/m0/s1. The van der Waals surface area contributed by atoms with Crippen LogP contribution in [-0.4, -0.2) is 62.3 Å². The molecule has 0 saturated carbocycles. The Morgan fingerprint density at radius 1 is 1.28 bits per heavy atom. The van der Waals surface area contributed by atoms with E-state index in [1.807, 2.05) is 4.90 Å². The van der Waals surface area contributed by atoms with Gasteiger partial charge in [-0.3, -0.25) is 4.79 Å². The van der Waals surface area contributed by atoms with Crippen molar-refractivity contribution >= 4 is 11.9 Å². The second-order valence-electron chi connectivity index (χ2n) is 6.55. The summed E-state index contributed by atoms with van der Waals surface area (Å²) >= 11 is 0. The van der Waals surface area contributed by atoms with Gasteiger partial charge in [-0.15, -0.1) is 0 Å². The number of nitrogens with zero attached hydrogens (tertiary/aromatic N) is 5. The Morgan fingerprint density at radius 3 is 2.96 bits per heavy atom. The van der Waals surface area contributed by atoms with Crippen LogP contribution in [0.3, 0.4) is 0 Å². The average Bonchev–Trinajstić information content (AvgIpc) is 3.06. The molecule has 2 aliphatic heterocycles. The van der Waals surface area contributed by atoms with Gasteiger partial charge in [0.15, 0.2) is 0 Å². The van der Waals surface area contributed by atoms with Crippen LogP contribution in [0.4, 0.5) is 5.95 Å². The number of anilines is 1. The molecule has 2 aliphatic rings. The van der Waals surface area contributed by atoms with Gasteiger partial charge in [0, 0.05) is 31.6 Å². The smallest absolute Gasteiger partial charge is 0.255 e. The Morgan fingerprint density at radius 2 is 2.16 bits per heavy atom. The summed E-state index contributed by atoms with van der Waals surface area (Å²) in [5.41, 5.74) is 0.274. The molecule has 1 amide bonds. The van der Waals surface area contributed by atoms with Crippen molar-refractivity contribution in [3.8, 4) is 0 Å². The second kappa shape index (κ2) is 6.72. The molecule has 0 bridgehead atoms. The van der Waals surface area contributed by atoms with Gasteiger partial charge in [0.1, 0.15) is 0 Å². The van der Waals surface area contributed by atoms with Crippen LogP contribution < -0.4 is 5.32 Å². The average molecular weight is 340 g/mol. The fourth-order valence-electron chi connectivity index (χ4n) is 3.61. The van der Waals surface area contributed by atoms with Crippen LogP contribution in [-0.2, 0) is 4.74 Å². The van der Waals surface area contributed by atoms with E-state index in [1.54, 1.807) is 24.5 Å². The van der Waals surface area contributed by atoms with Gasteiger partial charge < -0.3 is 15.0 Å². The van der Waals surface area contributed by atoms with Gasteiger partial charge in [0.25, 0.3) is 5.91 Å². The van der Waals surface area contributed by atoms with E-state index in [9.17, 15) is 4.79 Å². The van der Waals surface area contributed by atoms with Crippen LogP contribution in [0.25, 0.3) is 0 Å². The Kier molecular flexibility index (Phi) is 4.27. The first-order valence-corrected chi connectivity index (χ1v) is 8.48. The topological polar surface area (TPSA) is 93.1 Å². The maximum Gasteiger partial charge on any atom is 0.255 e. The lowest BCUT2D eigenvalue weighted by molar-refractivity contribution is -0.0721. The molecule has 4 rings (SSSR count). The van der Waals surface area contributed by atoms with Gasteiger partial charge in [-0.1, -0.05) is 0 Å². The van der Waals surface area contributed by atoms with Crippen molar-refractivity contribution in [2.24, 2.45) is 0 Å². The third-order valence-electron chi connectivity index (χ3n) is 4.83. The molecule has 2 aromatic heterocycles. The van der Waals surface area contributed by atoms with Crippen LogP contribution in [0.2, 0.25) is 0 Å². The second-order valence-corrected chi connectivity index (χ2v) is 6.55. The Bertz CT molecular complexity index is 728. The molecule has 25 heavy (non-hydrogen) atoms. The molecule has 0 unspecified atom stereocenters. The number of carbonyl (C=O) groups excluding carboxylic acids is 1. The number of carbonyl (C=O) groups is 1. The monoisotopic (exact) mass is 340 g/mol. The molecule has 0 aromatic carbocycles. The summed E-state index contributed by atoms with van der Waals surface area (Å²) in [5.74, 6) is 0.621. The first kappa shape index (κ1) is 15.9. The molecule has 1 spiro atoms. The van der Waals surface area contributed by atoms with Crippen LogP contribution >= 0.6 is 0 Å². The molecule has 2 aromatic rings. The van der Waals surface area contributed by atoms with E-state index in [0.717, 1.165) is 19.3 Å². The van der Waals surface area contributed by atoms with Crippen molar-refractivity contribution in [1.29, 1.82) is 0 Å². The van der Waals surface area contributed by atoms with E-state index >= 15 is 0 Å². The molecule has 130 valence electrons. The van der Waals surface area contributed by atoms with Crippen molar-refractivity contribution in [3.63, 3.8) is 0 Å². The van der Waals surface area contributed by atoms with E-state index in [4.69, 9.17) is 4.74 Å². The number of likely N-dealkylation sites (tertiary alicyclic amines) is 1. The molecule has 2 atom stereocenters. The van der Waals surface area contributed by atoms with E-state index in [1.165, 1.54) is 12.4 Å². The lowest BCUT2D eigenvalue weighted by Crippen LogP contribution is -2.47. The predicted molar refractivity (Wildman–Crippen MR) is 89.9 cm³/mol.